The monoisotopic (exact) mass is 434 g/mol. The molecule has 0 saturated carbocycles. The Labute approximate surface area is 184 Å². The third kappa shape index (κ3) is 6.43. The van der Waals surface area contributed by atoms with Gasteiger partial charge in [0.25, 0.3) is 0 Å². The highest BCUT2D eigenvalue weighted by atomic mass is 16.6. The normalized spacial score (nSPS) is 19.6. The van der Waals surface area contributed by atoms with Gasteiger partial charge in [0.1, 0.15) is 17.2 Å². The number of nitrogens with one attached hydrogen (secondary N) is 1. The number of nitrogens with zero attached hydrogens (tertiary/aromatic N) is 1. The fourth-order valence-corrected chi connectivity index (χ4v) is 3.91. The summed E-state index contributed by atoms with van der Waals surface area (Å²) in [4.78, 5) is 39.3. The predicted octanol–water partition coefficient (Wildman–Crippen LogP) is 2.69. The molecule has 0 unspecified atom stereocenters. The SMILES string of the molecule is COC(=O)[C@@H](Cc1ccccc1)NCC[C@@]1(C(=O)OC)CCCN1C(=O)OC(C)(C)C. The molecular formula is C23H34N2O6. The summed E-state index contributed by atoms with van der Waals surface area (Å²) in [5.74, 6) is -0.860. The fraction of sp³-hybridized carbons (Fsp3) is 0.609. The largest absolute Gasteiger partial charge is 0.468 e. The molecule has 1 aliphatic heterocycles. The van der Waals surface area contributed by atoms with Gasteiger partial charge in [0, 0.05) is 6.54 Å². The number of methoxy groups -OCH3 is 2. The van der Waals surface area contributed by atoms with E-state index in [0.717, 1.165) is 5.56 Å². The number of rotatable bonds is 8. The van der Waals surface area contributed by atoms with Gasteiger partial charge in [0.15, 0.2) is 0 Å². The Morgan fingerprint density at radius 1 is 1.13 bits per heavy atom. The summed E-state index contributed by atoms with van der Waals surface area (Å²) in [5.41, 5.74) is -0.813. The molecule has 31 heavy (non-hydrogen) atoms. The van der Waals surface area contributed by atoms with Gasteiger partial charge in [-0.1, -0.05) is 30.3 Å². The second-order valence-electron chi connectivity index (χ2n) is 8.73. The summed E-state index contributed by atoms with van der Waals surface area (Å²) in [6.45, 7) is 6.09. The lowest BCUT2D eigenvalue weighted by atomic mass is 9.91. The molecule has 1 saturated heterocycles. The van der Waals surface area contributed by atoms with Crippen molar-refractivity contribution in [3.05, 3.63) is 35.9 Å². The van der Waals surface area contributed by atoms with Crippen LogP contribution in [0.1, 0.15) is 45.6 Å². The van der Waals surface area contributed by atoms with E-state index in [9.17, 15) is 14.4 Å². The molecule has 1 aliphatic rings. The maximum absolute atomic E-state index is 12.8. The quantitative estimate of drug-likeness (QED) is 0.497. The van der Waals surface area contributed by atoms with Gasteiger partial charge >= 0.3 is 18.0 Å². The number of hydrogen-bond donors (Lipinski definition) is 1. The Kier molecular flexibility index (Phi) is 8.44. The van der Waals surface area contributed by atoms with Crippen molar-refractivity contribution in [3.63, 3.8) is 0 Å². The Morgan fingerprint density at radius 3 is 2.39 bits per heavy atom. The number of carbonyl (C=O) groups is 3. The van der Waals surface area contributed by atoms with Gasteiger partial charge in [-0.25, -0.2) is 9.59 Å². The van der Waals surface area contributed by atoms with Crippen molar-refractivity contribution in [2.45, 2.75) is 63.6 Å². The lowest BCUT2D eigenvalue weighted by Gasteiger charge is -2.37. The Balaban J connectivity index is 2.13. The molecule has 0 bridgehead atoms. The molecular weight excluding hydrogens is 400 g/mol. The van der Waals surface area contributed by atoms with Crippen LogP contribution in [0.25, 0.3) is 0 Å². The summed E-state index contributed by atoms with van der Waals surface area (Å²) in [6.07, 6.45) is 1.35. The number of amides is 1. The molecule has 2 rings (SSSR count). The fourth-order valence-electron chi connectivity index (χ4n) is 3.91. The maximum Gasteiger partial charge on any atom is 0.411 e. The first-order chi connectivity index (χ1) is 14.6. The van der Waals surface area contributed by atoms with Gasteiger partial charge in [-0.2, -0.15) is 0 Å². The smallest absolute Gasteiger partial charge is 0.411 e. The molecule has 2 atom stereocenters. The minimum absolute atomic E-state index is 0.293. The number of likely N-dealkylation sites (tertiary alicyclic amines) is 1. The molecule has 0 aliphatic carbocycles. The summed E-state index contributed by atoms with van der Waals surface area (Å²) < 4.78 is 15.5. The van der Waals surface area contributed by atoms with Crippen LogP contribution in [0.5, 0.6) is 0 Å². The van der Waals surface area contributed by atoms with E-state index in [1.807, 2.05) is 30.3 Å². The second-order valence-corrected chi connectivity index (χ2v) is 8.73. The van der Waals surface area contributed by atoms with Crippen LogP contribution in [0.3, 0.4) is 0 Å². The highest BCUT2D eigenvalue weighted by molar-refractivity contribution is 5.86. The van der Waals surface area contributed by atoms with E-state index < -0.39 is 29.2 Å². The van der Waals surface area contributed by atoms with E-state index >= 15 is 0 Å². The van der Waals surface area contributed by atoms with Gasteiger partial charge in [0.2, 0.25) is 0 Å². The standard InChI is InChI=1S/C23H34N2O6/c1-22(2,3)31-21(28)25-15-9-12-23(25,20(27)30-5)13-14-24-18(19(26)29-4)16-17-10-7-6-8-11-17/h6-8,10-11,18,24H,9,12-16H2,1-5H3/t18-,23-/m1/s1. The van der Waals surface area contributed by atoms with Crippen LogP contribution in [0, 0.1) is 0 Å². The number of ether oxygens (including phenoxy) is 3. The lowest BCUT2D eigenvalue weighted by molar-refractivity contribution is -0.153. The van der Waals surface area contributed by atoms with Crippen molar-refractivity contribution in [1.82, 2.24) is 10.2 Å². The predicted molar refractivity (Wildman–Crippen MR) is 115 cm³/mol. The average Bonchev–Trinajstić information content (AvgIpc) is 3.16. The minimum atomic E-state index is -1.13. The first kappa shape index (κ1) is 24.7. The van der Waals surface area contributed by atoms with Crippen LogP contribution >= 0.6 is 0 Å². The molecule has 1 amide bonds. The van der Waals surface area contributed by atoms with Crippen LogP contribution in [0.4, 0.5) is 4.79 Å². The van der Waals surface area contributed by atoms with Gasteiger partial charge in [-0.15, -0.1) is 0 Å². The van der Waals surface area contributed by atoms with E-state index in [2.05, 4.69) is 5.32 Å². The summed E-state index contributed by atoms with van der Waals surface area (Å²) in [7, 11) is 2.66. The van der Waals surface area contributed by atoms with Crippen molar-refractivity contribution >= 4 is 18.0 Å². The van der Waals surface area contributed by atoms with Gasteiger partial charge < -0.3 is 19.5 Å². The van der Waals surface area contributed by atoms with Crippen molar-refractivity contribution in [3.8, 4) is 0 Å². The molecule has 1 fully saturated rings. The van der Waals surface area contributed by atoms with Gasteiger partial charge in [-0.05, 0) is 58.6 Å². The number of benzene rings is 1. The van der Waals surface area contributed by atoms with Crippen molar-refractivity contribution in [2.24, 2.45) is 0 Å². The Morgan fingerprint density at radius 2 is 1.81 bits per heavy atom. The van der Waals surface area contributed by atoms with Crippen molar-refractivity contribution in [2.75, 3.05) is 27.3 Å². The number of esters is 2. The zero-order valence-corrected chi connectivity index (χ0v) is 19.1. The van der Waals surface area contributed by atoms with Crippen LogP contribution < -0.4 is 5.32 Å². The molecule has 1 N–H and O–H groups in total. The Bertz CT molecular complexity index is 761. The van der Waals surface area contributed by atoms with E-state index in [4.69, 9.17) is 14.2 Å². The van der Waals surface area contributed by atoms with Crippen LogP contribution in [-0.2, 0) is 30.2 Å². The number of carbonyl (C=O) groups excluding carboxylic acids is 3. The topological polar surface area (TPSA) is 94.2 Å². The average molecular weight is 435 g/mol. The molecule has 0 radical (unpaired) electrons. The molecule has 1 aromatic rings. The van der Waals surface area contributed by atoms with Crippen molar-refractivity contribution < 1.29 is 28.6 Å². The third-order valence-electron chi connectivity index (χ3n) is 5.37. The lowest BCUT2D eigenvalue weighted by Crippen LogP contribution is -2.56. The van der Waals surface area contributed by atoms with Crippen LogP contribution in [-0.4, -0.2) is 67.4 Å². The van der Waals surface area contributed by atoms with E-state index in [0.29, 0.717) is 38.8 Å². The number of hydrogen-bond acceptors (Lipinski definition) is 7. The molecule has 1 aromatic carbocycles. The highest BCUT2D eigenvalue weighted by Crippen LogP contribution is 2.35. The van der Waals surface area contributed by atoms with E-state index in [1.165, 1.54) is 19.1 Å². The van der Waals surface area contributed by atoms with Crippen molar-refractivity contribution in [1.29, 1.82) is 0 Å². The van der Waals surface area contributed by atoms with Crippen LogP contribution in [0.2, 0.25) is 0 Å². The highest BCUT2D eigenvalue weighted by Gasteiger charge is 2.51. The maximum atomic E-state index is 12.8. The zero-order valence-electron chi connectivity index (χ0n) is 19.1. The van der Waals surface area contributed by atoms with Gasteiger partial charge in [0.05, 0.1) is 14.2 Å². The zero-order chi connectivity index (χ0) is 23.1. The second kappa shape index (κ2) is 10.6. The summed E-state index contributed by atoms with van der Waals surface area (Å²) >= 11 is 0. The van der Waals surface area contributed by atoms with Gasteiger partial charge in [-0.3, -0.25) is 9.69 Å². The molecule has 8 nitrogen and oxygen atoms in total. The minimum Gasteiger partial charge on any atom is -0.468 e. The van der Waals surface area contributed by atoms with E-state index in [1.54, 1.807) is 20.8 Å². The molecule has 0 aromatic heterocycles. The molecule has 8 heteroatoms. The first-order valence-electron chi connectivity index (χ1n) is 10.6. The molecule has 172 valence electrons. The van der Waals surface area contributed by atoms with E-state index in [-0.39, 0.29) is 5.97 Å². The van der Waals surface area contributed by atoms with Crippen LogP contribution in [0.15, 0.2) is 30.3 Å². The summed E-state index contributed by atoms with van der Waals surface area (Å²) in [6, 6.07) is 9.04. The summed E-state index contributed by atoms with van der Waals surface area (Å²) in [5, 5.41) is 3.20. The third-order valence-corrected chi connectivity index (χ3v) is 5.37. The Hall–Kier alpha value is -2.61. The first-order valence-corrected chi connectivity index (χ1v) is 10.6. The molecule has 1 heterocycles. The molecule has 0 spiro atoms.